The average molecular weight is 416 g/mol. The smallest absolute Gasteiger partial charge is 0.261 e. The molecule has 0 radical (unpaired) electrons. The van der Waals surface area contributed by atoms with Crippen molar-refractivity contribution in [2.45, 2.75) is 11.8 Å². The Morgan fingerprint density at radius 3 is 2.11 bits per heavy atom. The summed E-state index contributed by atoms with van der Waals surface area (Å²) in [6.07, 6.45) is 0. The van der Waals surface area contributed by atoms with Crippen LogP contribution in [0.2, 0.25) is 0 Å². The summed E-state index contributed by atoms with van der Waals surface area (Å²) in [6, 6.07) is 19.1. The molecule has 8 heteroatoms. The number of hydrogen-bond acceptors (Lipinski definition) is 3. The molecule has 28 heavy (non-hydrogen) atoms. The molecule has 0 heterocycles. The molecule has 0 bridgehead atoms. The molecule has 0 aliphatic carbocycles. The number of nitrogens with one attached hydrogen (secondary N) is 3. The molecule has 0 spiro atoms. The zero-order chi connectivity index (χ0) is 20.1. The van der Waals surface area contributed by atoms with E-state index >= 15 is 0 Å². The van der Waals surface area contributed by atoms with Crippen LogP contribution in [0.5, 0.6) is 0 Å². The maximum Gasteiger partial charge on any atom is 0.261 e. The topological polar surface area (TPSA) is 70.2 Å². The van der Waals surface area contributed by atoms with Crippen molar-refractivity contribution in [2.24, 2.45) is 0 Å². The van der Waals surface area contributed by atoms with Crippen LogP contribution in [0.1, 0.15) is 5.56 Å². The van der Waals surface area contributed by atoms with E-state index in [9.17, 15) is 12.8 Å². The second-order valence-electron chi connectivity index (χ2n) is 6.05. The van der Waals surface area contributed by atoms with Crippen LogP contribution in [0.3, 0.4) is 0 Å². The molecule has 0 atom stereocenters. The third-order valence-corrected chi connectivity index (χ3v) is 5.44. The Kier molecular flexibility index (Phi) is 5.91. The molecular formula is C20H18FN3O2S2. The highest BCUT2D eigenvalue weighted by atomic mass is 32.2. The lowest BCUT2D eigenvalue weighted by Gasteiger charge is -2.15. The highest BCUT2D eigenvalue weighted by Crippen LogP contribution is 2.25. The largest absolute Gasteiger partial charge is 0.332 e. The Labute approximate surface area is 168 Å². The second kappa shape index (κ2) is 8.37. The predicted octanol–water partition coefficient (Wildman–Crippen LogP) is 4.74. The zero-order valence-corrected chi connectivity index (χ0v) is 16.6. The molecule has 0 aliphatic heterocycles. The Morgan fingerprint density at radius 2 is 1.46 bits per heavy atom. The number of benzene rings is 3. The number of halogens is 1. The van der Waals surface area contributed by atoms with E-state index in [2.05, 4.69) is 15.4 Å². The van der Waals surface area contributed by atoms with Gasteiger partial charge in [-0.25, -0.2) is 12.8 Å². The van der Waals surface area contributed by atoms with Gasteiger partial charge in [-0.1, -0.05) is 29.8 Å². The standard InChI is InChI=1S/C20H18FN3O2S2/c1-14-6-10-16(11-7-14)22-20(27)23-18-4-2-3-5-19(18)24-28(25,26)17-12-8-15(21)9-13-17/h2-13,24H,1H3,(H2,22,23,27). The summed E-state index contributed by atoms with van der Waals surface area (Å²) >= 11 is 5.32. The Morgan fingerprint density at radius 1 is 0.857 bits per heavy atom. The highest BCUT2D eigenvalue weighted by molar-refractivity contribution is 7.92. The van der Waals surface area contributed by atoms with Crippen LogP contribution in [0, 0.1) is 12.7 Å². The van der Waals surface area contributed by atoms with Crippen molar-refractivity contribution in [1.29, 1.82) is 0 Å². The second-order valence-corrected chi connectivity index (χ2v) is 8.14. The third-order valence-electron chi connectivity index (χ3n) is 3.85. The summed E-state index contributed by atoms with van der Waals surface area (Å²) in [5.41, 5.74) is 2.75. The lowest BCUT2D eigenvalue weighted by atomic mass is 10.2. The zero-order valence-electron chi connectivity index (χ0n) is 14.9. The Hall–Kier alpha value is -2.97. The van der Waals surface area contributed by atoms with Gasteiger partial charge in [-0.2, -0.15) is 0 Å². The molecular weight excluding hydrogens is 397 g/mol. The Balaban J connectivity index is 1.76. The lowest BCUT2D eigenvalue weighted by Crippen LogP contribution is -2.21. The quantitative estimate of drug-likeness (QED) is 0.525. The molecule has 0 saturated heterocycles. The van der Waals surface area contributed by atoms with Gasteiger partial charge in [0, 0.05) is 5.69 Å². The molecule has 0 fully saturated rings. The monoisotopic (exact) mass is 415 g/mol. The number of sulfonamides is 1. The van der Waals surface area contributed by atoms with E-state index in [0.29, 0.717) is 16.5 Å². The number of aryl methyl sites for hydroxylation is 1. The van der Waals surface area contributed by atoms with E-state index in [0.717, 1.165) is 23.4 Å². The van der Waals surface area contributed by atoms with Crippen molar-refractivity contribution in [3.8, 4) is 0 Å². The van der Waals surface area contributed by atoms with Crippen molar-refractivity contribution < 1.29 is 12.8 Å². The van der Waals surface area contributed by atoms with Gasteiger partial charge < -0.3 is 10.6 Å². The van der Waals surface area contributed by atoms with Crippen LogP contribution in [0.25, 0.3) is 0 Å². The SMILES string of the molecule is Cc1ccc(NC(=S)Nc2ccccc2NS(=O)(=O)c2ccc(F)cc2)cc1. The average Bonchev–Trinajstić information content (AvgIpc) is 2.65. The summed E-state index contributed by atoms with van der Waals surface area (Å²) in [4.78, 5) is -0.0379. The van der Waals surface area contributed by atoms with Gasteiger partial charge in [-0.3, -0.25) is 4.72 Å². The van der Waals surface area contributed by atoms with Crippen LogP contribution < -0.4 is 15.4 Å². The lowest BCUT2D eigenvalue weighted by molar-refractivity contribution is 0.599. The molecule has 144 valence electrons. The number of anilines is 3. The minimum Gasteiger partial charge on any atom is -0.332 e. The van der Waals surface area contributed by atoms with E-state index in [-0.39, 0.29) is 4.90 Å². The predicted molar refractivity (Wildman–Crippen MR) is 115 cm³/mol. The number of rotatable bonds is 5. The van der Waals surface area contributed by atoms with Crippen LogP contribution in [0.15, 0.2) is 77.7 Å². The first-order valence-corrected chi connectivity index (χ1v) is 10.2. The maximum atomic E-state index is 13.1. The summed E-state index contributed by atoms with van der Waals surface area (Å²) in [7, 11) is -3.87. The summed E-state index contributed by atoms with van der Waals surface area (Å²) < 4.78 is 40.7. The Bertz CT molecular complexity index is 1080. The first-order chi connectivity index (χ1) is 13.3. The molecule has 0 saturated carbocycles. The summed E-state index contributed by atoms with van der Waals surface area (Å²) in [6.45, 7) is 1.99. The highest BCUT2D eigenvalue weighted by Gasteiger charge is 2.16. The van der Waals surface area contributed by atoms with Gasteiger partial charge in [0.1, 0.15) is 5.82 Å². The molecule has 3 aromatic carbocycles. The van der Waals surface area contributed by atoms with Crippen molar-refractivity contribution in [2.75, 3.05) is 15.4 Å². The van der Waals surface area contributed by atoms with Crippen molar-refractivity contribution in [1.82, 2.24) is 0 Å². The van der Waals surface area contributed by atoms with Crippen LogP contribution in [0.4, 0.5) is 21.5 Å². The molecule has 0 aliphatic rings. The van der Waals surface area contributed by atoms with E-state index in [1.165, 1.54) is 12.1 Å². The van der Waals surface area contributed by atoms with Gasteiger partial charge >= 0.3 is 0 Å². The van der Waals surface area contributed by atoms with E-state index in [1.54, 1.807) is 24.3 Å². The van der Waals surface area contributed by atoms with Crippen molar-refractivity contribution in [3.63, 3.8) is 0 Å². The first-order valence-electron chi connectivity index (χ1n) is 8.35. The van der Waals surface area contributed by atoms with E-state index < -0.39 is 15.8 Å². The summed E-state index contributed by atoms with van der Waals surface area (Å²) in [5, 5.41) is 6.35. The van der Waals surface area contributed by atoms with Gasteiger partial charge in [0.05, 0.1) is 16.3 Å². The molecule has 3 rings (SSSR count). The molecule has 3 N–H and O–H groups in total. The van der Waals surface area contributed by atoms with Gasteiger partial charge in [0.2, 0.25) is 0 Å². The third kappa shape index (κ3) is 5.05. The van der Waals surface area contributed by atoms with Gasteiger partial charge in [-0.05, 0) is 67.7 Å². The minimum atomic E-state index is -3.87. The number of hydrogen-bond donors (Lipinski definition) is 3. The van der Waals surface area contributed by atoms with Gasteiger partial charge in [0.15, 0.2) is 5.11 Å². The van der Waals surface area contributed by atoms with Gasteiger partial charge in [-0.15, -0.1) is 0 Å². The van der Waals surface area contributed by atoms with Gasteiger partial charge in [0.25, 0.3) is 10.0 Å². The molecule has 0 amide bonds. The number of para-hydroxylation sites is 2. The fraction of sp³-hybridized carbons (Fsp3) is 0.0500. The molecule has 5 nitrogen and oxygen atoms in total. The maximum absolute atomic E-state index is 13.1. The van der Waals surface area contributed by atoms with Crippen molar-refractivity contribution >= 4 is 44.4 Å². The minimum absolute atomic E-state index is 0.0379. The normalized spacial score (nSPS) is 10.9. The molecule has 0 aromatic heterocycles. The van der Waals surface area contributed by atoms with Crippen LogP contribution >= 0.6 is 12.2 Å². The van der Waals surface area contributed by atoms with Crippen LogP contribution in [-0.2, 0) is 10.0 Å². The molecule has 0 unspecified atom stereocenters. The summed E-state index contributed by atoms with van der Waals surface area (Å²) in [5.74, 6) is -0.506. The van der Waals surface area contributed by atoms with Crippen LogP contribution in [-0.4, -0.2) is 13.5 Å². The van der Waals surface area contributed by atoms with E-state index in [4.69, 9.17) is 12.2 Å². The van der Waals surface area contributed by atoms with E-state index in [1.807, 2.05) is 31.2 Å². The van der Waals surface area contributed by atoms with Crippen molar-refractivity contribution in [3.05, 3.63) is 84.2 Å². The fourth-order valence-electron chi connectivity index (χ4n) is 2.42. The molecule has 3 aromatic rings. The fourth-order valence-corrected chi connectivity index (χ4v) is 3.73. The number of thiocarbonyl (C=S) groups is 1. The first kappa shape index (κ1) is 19.8.